The normalized spacial score (nSPS) is 21.8. The van der Waals surface area contributed by atoms with Crippen molar-refractivity contribution in [1.29, 1.82) is 0 Å². The van der Waals surface area contributed by atoms with E-state index in [1.54, 1.807) is 11.3 Å². The minimum absolute atomic E-state index is 0.502. The molecule has 2 aromatic rings. The molecule has 1 aromatic heterocycles. The Morgan fingerprint density at radius 2 is 1.90 bits per heavy atom. The molecule has 1 aromatic carbocycles. The van der Waals surface area contributed by atoms with E-state index in [1.807, 2.05) is 0 Å². The molecule has 0 radical (unpaired) electrons. The Morgan fingerprint density at radius 1 is 1.15 bits per heavy atom. The highest BCUT2D eigenvalue weighted by Crippen LogP contribution is 2.38. The summed E-state index contributed by atoms with van der Waals surface area (Å²) in [5, 5.41) is 3.88. The zero-order valence-corrected chi connectivity index (χ0v) is 12.9. The molecular formula is C17H18ClNS. The summed E-state index contributed by atoms with van der Waals surface area (Å²) in [4.78, 5) is 1.49. The van der Waals surface area contributed by atoms with Crippen molar-refractivity contribution in [3.05, 3.63) is 56.2 Å². The SMILES string of the molecule is Clc1cc2c(s1)CCCC2NC1Cc2ccccc2C1. The largest absolute Gasteiger partial charge is 0.306 e. The van der Waals surface area contributed by atoms with E-state index < -0.39 is 0 Å². The fraction of sp³-hybridized carbons (Fsp3) is 0.412. The number of thiophene rings is 1. The topological polar surface area (TPSA) is 12.0 Å². The smallest absolute Gasteiger partial charge is 0.0934 e. The summed E-state index contributed by atoms with van der Waals surface area (Å²) in [5.41, 5.74) is 4.50. The van der Waals surface area contributed by atoms with Crippen LogP contribution in [-0.2, 0) is 19.3 Å². The van der Waals surface area contributed by atoms with Crippen molar-refractivity contribution in [3.63, 3.8) is 0 Å². The predicted octanol–water partition coefficient (Wildman–Crippen LogP) is 4.54. The van der Waals surface area contributed by atoms with Crippen molar-refractivity contribution in [2.45, 2.75) is 44.2 Å². The maximum atomic E-state index is 6.20. The first-order valence-electron chi connectivity index (χ1n) is 7.40. The van der Waals surface area contributed by atoms with Gasteiger partial charge in [0.25, 0.3) is 0 Å². The van der Waals surface area contributed by atoms with Crippen LogP contribution < -0.4 is 5.32 Å². The summed E-state index contributed by atoms with van der Waals surface area (Å²) in [6.07, 6.45) is 6.06. The number of aryl methyl sites for hydroxylation is 1. The van der Waals surface area contributed by atoms with Gasteiger partial charge in [-0.3, -0.25) is 0 Å². The number of fused-ring (bicyclic) bond motifs is 2. The van der Waals surface area contributed by atoms with E-state index in [0.29, 0.717) is 12.1 Å². The quantitative estimate of drug-likeness (QED) is 0.859. The van der Waals surface area contributed by atoms with Gasteiger partial charge in [-0.15, -0.1) is 11.3 Å². The van der Waals surface area contributed by atoms with Crippen LogP contribution in [0.2, 0.25) is 4.34 Å². The summed E-state index contributed by atoms with van der Waals surface area (Å²) in [7, 11) is 0. The van der Waals surface area contributed by atoms with Crippen LogP contribution in [0.25, 0.3) is 0 Å². The van der Waals surface area contributed by atoms with Crippen LogP contribution in [0.4, 0.5) is 0 Å². The second kappa shape index (κ2) is 5.18. The van der Waals surface area contributed by atoms with Crippen LogP contribution in [0.3, 0.4) is 0 Å². The molecule has 0 aliphatic heterocycles. The van der Waals surface area contributed by atoms with Crippen molar-refractivity contribution >= 4 is 22.9 Å². The summed E-state index contributed by atoms with van der Waals surface area (Å²) < 4.78 is 0.943. The first kappa shape index (κ1) is 12.9. The van der Waals surface area contributed by atoms with Crippen LogP contribution in [0.5, 0.6) is 0 Å². The van der Waals surface area contributed by atoms with Crippen molar-refractivity contribution < 1.29 is 0 Å². The molecule has 20 heavy (non-hydrogen) atoms. The molecule has 0 fully saturated rings. The molecule has 0 saturated heterocycles. The Kier molecular flexibility index (Phi) is 3.33. The van der Waals surface area contributed by atoms with Gasteiger partial charge in [-0.1, -0.05) is 35.9 Å². The highest BCUT2D eigenvalue weighted by molar-refractivity contribution is 7.16. The van der Waals surface area contributed by atoms with E-state index in [2.05, 4.69) is 35.6 Å². The zero-order valence-electron chi connectivity index (χ0n) is 11.4. The third-order valence-electron chi connectivity index (χ3n) is 4.57. The van der Waals surface area contributed by atoms with E-state index >= 15 is 0 Å². The van der Waals surface area contributed by atoms with Crippen molar-refractivity contribution in [3.8, 4) is 0 Å². The van der Waals surface area contributed by atoms with Crippen molar-refractivity contribution in [2.75, 3.05) is 0 Å². The van der Waals surface area contributed by atoms with Gasteiger partial charge in [-0.05, 0) is 54.9 Å². The molecule has 0 amide bonds. The number of hydrogen-bond acceptors (Lipinski definition) is 2. The third kappa shape index (κ3) is 2.30. The molecule has 0 saturated carbocycles. The number of rotatable bonds is 2. The second-order valence-corrected chi connectivity index (χ2v) is 7.68. The highest BCUT2D eigenvalue weighted by atomic mass is 35.5. The molecule has 104 valence electrons. The minimum atomic E-state index is 0.502. The number of hydrogen-bond donors (Lipinski definition) is 1. The van der Waals surface area contributed by atoms with Gasteiger partial charge in [0.1, 0.15) is 0 Å². The lowest BCUT2D eigenvalue weighted by Crippen LogP contribution is -2.34. The summed E-state index contributed by atoms with van der Waals surface area (Å²) >= 11 is 7.96. The average Bonchev–Trinajstić information content (AvgIpc) is 3.01. The summed E-state index contributed by atoms with van der Waals surface area (Å²) in [5.74, 6) is 0. The van der Waals surface area contributed by atoms with Gasteiger partial charge in [0, 0.05) is 17.0 Å². The Morgan fingerprint density at radius 3 is 2.65 bits per heavy atom. The maximum Gasteiger partial charge on any atom is 0.0934 e. The summed E-state index contributed by atoms with van der Waals surface area (Å²) in [6, 6.07) is 12.1. The standard InChI is InChI=1S/C17H18ClNS/c18-17-10-14-15(6-3-7-16(14)20-17)19-13-8-11-4-1-2-5-12(11)9-13/h1-2,4-5,10,13,15,19H,3,6-9H2. The van der Waals surface area contributed by atoms with Gasteiger partial charge in [-0.2, -0.15) is 0 Å². The molecule has 0 spiro atoms. The Balaban J connectivity index is 1.52. The predicted molar refractivity (Wildman–Crippen MR) is 85.8 cm³/mol. The van der Waals surface area contributed by atoms with E-state index in [0.717, 1.165) is 4.34 Å². The molecular weight excluding hydrogens is 286 g/mol. The van der Waals surface area contributed by atoms with E-state index in [1.165, 1.54) is 53.7 Å². The fourth-order valence-corrected chi connectivity index (χ4v) is 5.04. The Bertz CT molecular complexity index is 609. The van der Waals surface area contributed by atoms with Gasteiger partial charge < -0.3 is 5.32 Å². The molecule has 1 nitrogen and oxygen atoms in total. The van der Waals surface area contributed by atoms with Crippen molar-refractivity contribution in [2.24, 2.45) is 0 Å². The van der Waals surface area contributed by atoms with Crippen LogP contribution >= 0.6 is 22.9 Å². The average molecular weight is 304 g/mol. The lowest BCUT2D eigenvalue weighted by Gasteiger charge is -2.27. The van der Waals surface area contributed by atoms with Crippen LogP contribution in [0.1, 0.15) is 40.5 Å². The van der Waals surface area contributed by atoms with Gasteiger partial charge in [-0.25, -0.2) is 0 Å². The van der Waals surface area contributed by atoms with Crippen LogP contribution in [-0.4, -0.2) is 6.04 Å². The fourth-order valence-electron chi connectivity index (χ4n) is 3.66. The number of nitrogens with one attached hydrogen (secondary N) is 1. The van der Waals surface area contributed by atoms with E-state index in [-0.39, 0.29) is 0 Å². The van der Waals surface area contributed by atoms with Gasteiger partial charge in [0.15, 0.2) is 0 Å². The molecule has 1 atom stereocenters. The van der Waals surface area contributed by atoms with Crippen LogP contribution in [0, 0.1) is 0 Å². The lowest BCUT2D eigenvalue weighted by atomic mass is 9.93. The lowest BCUT2D eigenvalue weighted by molar-refractivity contribution is 0.403. The molecule has 1 heterocycles. The van der Waals surface area contributed by atoms with Crippen LogP contribution in [0.15, 0.2) is 30.3 Å². The van der Waals surface area contributed by atoms with Gasteiger partial charge >= 0.3 is 0 Å². The van der Waals surface area contributed by atoms with E-state index in [4.69, 9.17) is 11.6 Å². The maximum absolute atomic E-state index is 6.20. The first-order chi connectivity index (χ1) is 9.79. The molecule has 2 aliphatic rings. The summed E-state index contributed by atoms with van der Waals surface area (Å²) in [6.45, 7) is 0. The van der Waals surface area contributed by atoms with Crippen molar-refractivity contribution in [1.82, 2.24) is 5.32 Å². The van der Waals surface area contributed by atoms with E-state index in [9.17, 15) is 0 Å². The first-order valence-corrected chi connectivity index (χ1v) is 8.60. The van der Waals surface area contributed by atoms with Gasteiger partial charge in [0.2, 0.25) is 0 Å². The van der Waals surface area contributed by atoms with Gasteiger partial charge in [0.05, 0.1) is 4.34 Å². The molecule has 4 rings (SSSR count). The second-order valence-electron chi connectivity index (χ2n) is 5.91. The Hall–Kier alpha value is -0.830. The molecule has 2 aliphatic carbocycles. The highest BCUT2D eigenvalue weighted by Gasteiger charge is 2.27. The molecule has 1 N–H and O–H groups in total. The molecule has 3 heteroatoms. The minimum Gasteiger partial charge on any atom is -0.306 e. The molecule has 0 bridgehead atoms. The Labute approximate surface area is 129 Å². The third-order valence-corrected chi connectivity index (χ3v) is 5.91. The zero-order chi connectivity index (χ0) is 13.5. The molecule has 1 unspecified atom stereocenters. The number of halogens is 1. The number of benzene rings is 1. The monoisotopic (exact) mass is 303 g/mol.